The van der Waals surface area contributed by atoms with Crippen molar-refractivity contribution in [3.05, 3.63) is 30.1 Å². The van der Waals surface area contributed by atoms with Gasteiger partial charge in [0.25, 0.3) is 0 Å². The molecule has 18 heavy (non-hydrogen) atoms. The lowest BCUT2D eigenvalue weighted by Crippen LogP contribution is -2.29. The predicted molar refractivity (Wildman–Crippen MR) is 68.7 cm³/mol. The zero-order valence-corrected chi connectivity index (χ0v) is 10.2. The summed E-state index contributed by atoms with van der Waals surface area (Å²) in [6, 6.07) is 6.14. The Morgan fingerprint density at radius 3 is 3.06 bits per heavy atom. The molecule has 2 rings (SSSR count). The Morgan fingerprint density at radius 2 is 2.39 bits per heavy atom. The van der Waals surface area contributed by atoms with Crippen molar-refractivity contribution < 1.29 is 9.18 Å². The number of benzene rings is 1. The topological polar surface area (TPSA) is 58.4 Å². The zero-order chi connectivity index (χ0) is 13.0. The standard InChI is InChI=1S/C13H18FN3O/c14-10-2-1-3-12(8-10)16-13(18)5-7-17-6-4-11(15)9-17/h1-3,8,11H,4-7,9,15H2,(H,16,18)/t11-/m0/s1. The number of carbonyl (C=O) groups is 1. The number of likely N-dealkylation sites (tertiary alicyclic amines) is 1. The summed E-state index contributed by atoms with van der Waals surface area (Å²) in [7, 11) is 0. The summed E-state index contributed by atoms with van der Waals surface area (Å²) < 4.78 is 12.9. The normalized spacial score (nSPS) is 20.0. The largest absolute Gasteiger partial charge is 0.326 e. The maximum atomic E-state index is 12.9. The van der Waals surface area contributed by atoms with E-state index >= 15 is 0 Å². The number of nitrogens with two attached hydrogens (primary N) is 1. The van der Waals surface area contributed by atoms with Crippen molar-refractivity contribution in [3.8, 4) is 0 Å². The minimum Gasteiger partial charge on any atom is -0.326 e. The van der Waals surface area contributed by atoms with Crippen LogP contribution in [0.3, 0.4) is 0 Å². The van der Waals surface area contributed by atoms with E-state index in [-0.39, 0.29) is 17.8 Å². The molecule has 1 atom stereocenters. The number of carbonyl (C=O) groups excluding carboxylic acids is 1. The van der Waals surface area contributed by atoms with Crippen molar-refractivity contribution in [2.45, 2.75) is 18.9 Å². The lowest BCUT2D eigenvalue weighted by molar-refractivity contribution is -0.116. The first-order valence-corrected chi connectivity index (χ1v) is 6.17. The fourth-order valence-corrected chi connectivity index (χ4v) is 2.12. The second kappa shape index (κ2) is 5.93. The van der Waals surface area contributed by atoms with E-state index in [2.05, 4.69) is 10.2 Å². The van der Waals surface area contributed by atoms with Crippen molar-refractivity contribution in [2.75, 3.05) is 25.0 Å². The van der Waals surface area contributed by atoms with Crippen LogP contribution in [0.5, 0.6) is 0 Å². The number of rotatable bonds is 4. The molecular weight excluding hydrogens is 233 g/mol. The quantitative estimate of drug-likeness (QED) is 0.845. The molecule has 0 saturated carbocycles. The molecule has 1 aromatic rings. The van der Waals surface area contributed by atoms with Gasteiger partial charge < -0.3 is 16.0 Å². The van der Waals surface area contributed by atoms with Gasteiger partial charge in [0.1, 0.15) is 5.82 Å². The monoisotopic (exact) mass is 251 g/mol. The molecule has 1 aromatic carbocycles. The van der Waals surface area contributed by atoms with E-state index in [1.165, 1.54) is 12.1 Å². The Kier molecular flexibility index (Phi) is 4.28. The van der Waals surface area contributed by atoms with Gasteiger partial charge in [-0.15, -0.1) is 0 Å². The van der Waals surface area contributed by atoms with E-state index in [1.807, 2.05) is 0 Å². The third-order valence-electron chi connectivity index (χ3n) is 3.07. The van der Waals surface area contributed by atoms with Crippen molar-refractivity contribution in [2.24, 2.45) is 5.73 Å². The van der Waals surface area contributed by atoms with Gasteiger partial charge in [-0.3, -0.25) is 4.79 Å². The van der Waals surface area contributed by atoms with Gasteiger partial charge in [-0.1, -0.05) is 6.07 Å². The van der Waals surface area contributed by atoms with Gasteiger partial charge in [0, 0.05) is 31.2 Å². The van der Waals surface area contributed by atoms with Crippen molar-refractivity contribution in [1.29, 1.82) is 0 Å². The van der Waals surface area contributed by atoms with Gasteiger partial charge in [0.2, 0.25) is 5.91 Å². The summed E-state index contributed by atoms with van der Waals surface area (Å²) in [4.78, 5) is 13.8. The van der Waals surface area contributed by atoms with Gasteiger partial charge in [0.05, 0.1) is 0 Å². The molecule has 0 unspecified atom stereocenters. The second-order valence-electron chi connectivity index (χ2n) is 4.66. The number of halogens is 1. The molecular formula is C13H18FN3O. The highest BCUT2D eigenvalue weighted by atomic mass is 19.1. The Bertz CT molecular complexity index is 424. The molecule has 4 nitrogen and oxygen atoms in total. The molecule has 1 fully saturated rings. The maximum Gasteiger partial charge on any atom is 0.225 e. The summed E-state index contributed by atoms with van der Waals surface area (Å²) in [5, 5.41) is 2.68. The number of hydrogen-bond donors (Lipinski definition) is 2. The lowest BCUT2D eigenvalue weighted by atomic mass is 10.3. The number of nitrogens with zero attached hydrogens (tertiary/aromatic N) is 1. The summed E-state index contributed by atoms with van der Waals surface area (Å²) in [5.41, 5.74) is 6.29. The number of anilines is 1. The Hall–Kier alpha value is -1.46. The van der Waals surface area contributed by atoms with Crippen LogP contribution in [0, 0.1) is 5.82 Å². The first-order valence-electron chi connectivity index (χ1n) is 6.17. The highest BCUT2D eigenvalue weighted by Crippen LogP contribution is 2.10. The van der Waals surface area contributed by atoms with Crippen LogP contribution in [0.25, 0.3) is 0 Å². The Balaban J connectivity index is 1.75. The molecule has 0 aromatic heterocycles. The van der Waals surface area contributed by atoms with Crippen LogP contribution in [0.1, 0.15) is 12.8 Å². The molecule has 0 bridgehead atoms. The first kappa shape index (κ1) is 13.0. The smallest absolute Gasteiger partial charge is 0.225 e. The molecule has 1 aliphatic heterocycles. The van der Waals surface area contributed by atoms with Gasteiger partial charge in [0.15, 0.2) is 0 Å². The van der Waals surface area contributed by atoms with Crippen LogP contribution in [-0.4, -0.2) is 36.5 Å². The van der Waals surface area contributed by atoms with E-state index in [1.54, 1.807) is 12.1 Å². The molecule has 0 radical (unpaired) electrons. The zero-order valence-electron chi connectivity index (χ0n) is 10.2. The summed E-state index contributed by atoms with van der Waals surface area (Å²) in [5.74, 6) is -0.445. The molecule has 1 saturated heterocycles. The van der Waals surface area contributed by atoms with Crippen LogP contribution >= 0.6 is 0 Å². The van der Waals surface area contributed by atoms with E-state index < -0.39 is 0 Å². The van der Waals surface area contributed by atoms with E-state index in [0.29, 0.717) is 18.7 Å². The van der Waals surface area contributed by atoms with Gasteiger partial charge in [-0.05, 0) is 31.2 Å². The van der Waals surface area contributed by atoms with Crippen LogP contribution in [0.2, 0.25) is 0 Å². The van der Waals surface area contributed by atoms with Crippen LogP contribution in [-0.2, 0) is 4.79 Å². The Morgan fingerprint density at radius 1 is 1.56 bits per heavy atom. The molecule has 1 heterocycles. The predicted octanol–water partition coefficient (Wildman–Crippen LogP) is 1.19. The van der Waals surface area contributed by atoms with Crippen molar-refractivity contribution in [1.82, 2.24) is 4.90 Å². The molecule has 5 heteroatoms. The fraction of sp³-hybridized carbons (Fsp3) is 0.462. The molecule has 98 valence electrons. The maximum absolute atomic E-state index is 12.9. The lowest BCUT2D eigenvalue weighted by Gasteiger charge is -2.14. The average Bonchev–Trinajstić information content (AvgIpc) is 2.73. The average molecular weight is 251 g/mol. The Labute approximate surface area is 106 Å². The van der Waals surface area contributed by atoms with Crippen LogP contribution < -0.4 is 11.1 Å². The summed E-state index contributed by atoms with van der Waals surface area (Å²) in [6.07, 6.45) is 1.40. The molecule has 1 amide bonds. The van der Waals surface area contributed by atoms with E-state index in [4.69, 9.17) is 5.73 Å². The SMILES string of the molecule is N[C@H]1CCN(CCC(=O)Nc2cccc(F)c2)C1. The number of nitrogens with one attached hydrogen (secondary N) is 1. The number of amides is 1. The highest BCUT2D eigenvalue weighted by molar-refractivity contribution is 5.90. The molecule has 1 aliphatic rings. The number of hydrogen-bond acceptors (Lipinski definition) is 3. The van der Waals surface area contributed by atoms with Crippen LogP contribution in [0.15, 0.2) is 24.3 Å². The van der Waals surface area contributed by atoms with Crippen molar-refractivity contribution >= 4 is 11.6 Å². The molecule has 3 N–H and O–H groups in total. The van der Waals surface area contributed by atoms with Crippen LogP contribution in [0.4, 0.5) is 10.1 Å². The molecule has 0 spiro atoms. The van der Waals surface area contributed by atoms with Gasteiger partial charge >= 0.3 is 0 Å². The molecule has 0 aliphatic carbocycles. The minimum atomic E-state index is -0.349. The van der Waals surface area contributed by atoms with E-state index in [0.717, 1.165) is 19.5 Å². The third kappa shape index (κ3) is 3.78. The highest BCUT2D eigenvalue weighted by Gasteiger charge is 2.19. The van der Waals surface area contributed by atoms with Gasteiger partial charge in [-0.2, -0.15) is 0 Å². The second-order valence-corrected chi connectivity index (χ2v) is 4.66. The fourth-order valence-electron chi connectivity index (χ4n) is 2.12. The third-order valence-corrected chi connectivity index (χ3v) is 3.07. The van der Waals surface area contributed by atoms with E-state index in [9.17, 15) is 9.18 Å². The summed E-state index contributed by atoms with van der Waals surface area (Å²) in [6.45, 7) is 2.51. The van der Waals surface area contributed by atoms with Crippen molar-refractivity contribution in [3.63, 3.8) is 0 Å². The van der Waals surface area contributed by atoms with Gasteiger partial charge in [-0.25, -0.2) is 4.39 Å². The minimum absolute atomic E-state index is 0.0962. The summed E-state index contributed by atoms with van der Waals surface area (Å²) >= 11 is 0. The first-order chi connectivity index (χ1) is 8.63.